The molecule has 0 saturated carbocycles. The van der Waals surface area contributed by atoms with E-state index in [1.54, 1.807) is 4.90 Å². The van der Waals surface area contributed by atoms with Crippen molar-refractivity contribution in [3.8, 4) is 0 Å². The van der Waals surface area contributed by atoms with Crippen molar-refractivity contribution in [1.82, 2.24) is 15.1 Å². The lowest BCUT2D eigenvalue weighted by atomic mass is 9.90. The van der Waals surface area contributed by atoms with Gasteiger partial charge in [0.05, 0.1) is 6.04 Å². The molecule has 3 saturated heterocycles. The number of anilines is 1. The van der Waals surface area contributed by atoms with Crippen molar-refractivity contribution in [3.05, 3.63) is 40.9 Å². The van der Waals surface area contributed by atoms with E-state index in [-0.39, 0.29) is 23.3 Å². The van der Waals surface area contributed by atoms with Gasteiger partial charge in [0.15, 0.2) is 5.60 Å². The number of benzene rings is 1. The maximum Gasteiger partial charge on any atom is 0.445 e. The van der Waals surface area contributed by atoms with E-state index in [0.717, 1.165) is 18.4 Å². The van der Waals surface area contributed by atoms with Gasteiger partial charge in [-0.05, 0) is 18.4 Å². The summed E-state index contributed by atoms with van der Waals surface area (Å²) in [6.45, 7) is 0.823. The Hall–Kier alpha value is -2.20. The number of aromatic nitrogens is 2. The van der Waals surface area contributed by atoms with Gasteiger partial charge in [-0.25, -0.2) is 0 Å². The van der Waals surface area contributed by atoms with Crippen LogP contribution in [0.15, 0.2) is 30.3 Å². The van der Waals surface area contributed by atoms with Crippen molar-refractivity contribution in [2.45, 2.75) is 49.7 Å². The molecule has 2 aromatic rings. The molecule has 1 amide bonds. The van der Waals surface area contributed by atoms with Crippen molar-refractivity contribution in [2.75, 3.05) is 18.0 Å². The summed E-state index contributed by atoms with van der Waals surface area (Å²) < 4.78 is 44.6. The summed E-state index contributed by atoms with van der Waals surface area (Å²) in [4.78, 5) is 17.0. The van der Waals surface area contributed by atoms with Crippen LogP contribution in [0.4, 0.5) is 18.3 Å². The summed E-state index contributed by atoms with van der Waals surface area (Å²) in [5.41, 5.74) is 0.224. The van der Waals surface area contributed by atoms with Crippen molar-refractivity contribution in [1.29, 1.82) is 0 Å². The summed E-state index contributed by atoms with van der Waals surface area (Å²) in [6, 6.07) is 9.96. The van der Waals surface area contributed by atoms with E-state index in [9.17, 15) is 18.0 Å². The largest absolute Gasteiger partial charge is 0.445 e. The van der Waals surface area contributed by atoms with E-state index in [1.807, 2.05) is 35.2 Å². The predicted octanol–water partition coefficient (Wildman–Crippen LogP) is 3.62. The van der Waals surface area contributed by atoms with Gasteiger partial charge in [-0.3, -0.25) is 4.79 Å². The van der Waals surface area contributed by atoms with Crippen LogP contribution in [-0.4, -0.2) is 45.9 Å². The highest BCUT2D eigenvalue weighted by atomic mass is 32.1. The molecular weight excluding hydrogens is 405 g/mol. The Balaban J connectivity index is 1.30. The summed E-state index contributed by atoms with van der Waals surface area (Å²) in [5.74, 6) is 0.00162. The van der Waals surface area contributed by atoms with Crippen LogP contribution >= 0.6 is 11.3 Å². The Morgan fingerprint density at radius 2 is 1.83 bits per heavy atom. The maximum absolute atomic E-state index is 13.3. The number of carbonyl (C=O) groups excluding carboxylic acids is 1. The molecule has 6 nitrogen and oxygen atoms in total. The molecule has 0 unspecified atom stereocenters. The summed E-state index contributed by atoms with van der Waals surface area (Å²) in [7, 11) is 0. The third-order valence-corrected chi connectivity index (χ3v) is 7.03. The number of amides is 1. The average Bonchev–Trinajstić information content (AvgIpc) is 3.41. The number of halogens is 3. The van der Waals surface area contributed by atoms with Crippen molar-refractivity contribution in [2.24, 2.45) is 0 Å². The van der Waals surface area contributed by atoms with Gasteiger partial charge in [-0.2, -0.15) is 13.2 Å². The number of piperidine rings is 1. The molecule has 0 N–H and O–H groups in total. The number of carbonyl (C=O) groups is 1. The lowest BCUT2D eigenvalue weighted by molar-refractivity contribution is -0.140. The summed E-state index contributed by atoms with van der Waals surface area (Å²) >= 11 is 0.535. The Kier molecular flexibility index (Phi) is 4.32. The minimum absolute atomic E-state index is 0.00162. The van der Waals surface area contributed by atoms with Crippen LogP contribution < -0.4 is 4.90 Å². The quantitative estimate of drug-likeness (QED) is 0.737. The molecule has 0 bridgehead atoms. The molecule has 3 aliphatic heterocycles. The number of hydrogen-bond donors (Lipinski definition) is 0. The van der Waals surface area contributed by atoms with Gasteiger partial charge in [0.25, 0.3) is 5.91 Å². The van der Waals surface area contributed by atoms with E-state index in [1.165, 1.54) is 0 Å². The van der Waals surface area contributed by atoms with Gasteiger partial charge in [-0.15, -0.1) is 10.2 Å². The lowest BCUT2D eigenvalue weighted by Crippen LogP contribution is -2.50. The second-order valence-corrected chi connectivity index (χ2v) is 8.61. The van der Waals surface area contributed by atoms with E-state index < -0.39 is 16.8 Å². The molecule has 2 atom stereocenters. The Labute approximate surface area is 169 Å². The summed E-state index contributed by atoms with van der Waals surface area (Å²) in [6.07, 6.45) is -2.19. The smallest absolute Gasteiger partial charge is 0.346 e. The van der Waals surface area contributed by atoms with Gasteiger partial charge < -0.3 is 14.5 Å². The number of fused-ring (bicyclic) bond motifs is 1. The molecule has 0 aliphatic carbocycles. The third-order valence-electron chi connectivity index (χ3n) is 6.00. The van der Waals surface area contributed by atoms with Crippen LogP contribution in [0, 0.1) is 0 Å². The number of nitrogens with zero attached hydrogens (tertiary/aromatic N) is 4. The lowest BCUT2D eigenvalue weighted by Gasteiger charge is -2.37. The fraction of sp³-hybridized carbons (Fsp3) is 0.526. The second kappa shape index (κ2) is 6.66. The monoisotopic (exact) mass is 424 g/mol. The minimum Gasteiger partial charge on any atom is -0.346 e. The fourth-order valence-electron chi connectivity index (χ4n) is 4.56. The van der Waals surface area contributed by atoms with E-state index >= 15 is 0 Å². The van der Waals surface area contributed by atoms with E-state index in [0.29, 0.717) is 37.3 Å². The molecule has 4 heterocycles. The SMILES string of the molecule is O=C1N2[C@@H](CC[C@H]2c2ccccc2)OC12CCN(c1nnc(C(F)(F)F)s1)CC2. The van der Waals surface area contributed by atoms with Crippen LogP contribution in [0.5, 0.6) is 0 Å². The molecule has 29 heavy (non-hydrogen) atoms. The molecule has 154 valence electrons. The molecular formula is C19H19F3N4O2S. The van der Waals surface area contributed by atoms with Crippen molar-refractivity contribution in [3.63, 3.8) is 0 Å². The Morgan fingerprint density at radius 1 is 1.10 bits per heavy atom. The van der Waals surface area contributed by atoms with Crippen molar-refractivity contribution >= 4 is 22.4 Å². The molecule has 1 aromatic heterocycles. The second-order valence-electron chi connectivity index (χ2n) is 7.66. The van der Waals surface area contributed by atoms with E-state index in [4.69, 9.17) is 4.74 Å². The first kappa shape index (κ1) is 18.8. The first-order chi connectivity index (χ1) is 13.9. The maximum atomic E-state index is 13.3. The summed E-state index contributed by atoms with van der Waals surface area (Å²) in [5, 5.41) is 6.22. The average molecular weight is 424 g/mol. The van der Waals surface area contributed by atoms with Crippen LogP contribution in [0.3, 0.4) is 0 Å². The highest BCUT2D eigenvalue weighted by Crippen LogP contribution is 2.48. The molecule has 3 aliphatic rings. The van der Waals surface area contributed by atoms with Gasteiger partial charge in [0.2, 0.25) is 10.1 Å². The van der Waals surface area contributed by atoms with Crippen LogP contribution in [0.2, 0.25) is 0 Å². The Bertz CT molecular complexity index is 912. The highest BCUT2D eigenvalue weighted by Gasteiger charge is 2.58. The van der Waals surface area contributed by atoms with E-state index in [2.05, 4.69) is 10.2 Å². The minimum atomic E-state index is -4.49. The van der Waals surface area contributed by atoms with Crippen molar-refractivity contribution < 1.29 is 22.7 Å². The Morgan fingerprint density at radius 3 is 2.48 bits per heavy atom. The zero-order valence-electron chi connectivity index (χ0n) is 15.4. The topological polar surface area (TPSA) is 58.6 Å². The fourth-order valence-corrected chi connectivity index (χ4v) is 5.33. The van der Waals surface area contributed by atoms with Gasteiger partial charge in [-0.1, -0.05) is 41.7 Å². The number of rotatable bonds is 2. The molecule has 0 radical (unpaired) electrons. The van der Waals surface area contributed by atoms with Gasteiger partial charge in [0.1, 0.15) is 6.23 Å². The van der Waals surface area contributed by atoms with Gasteiger partial charge in [0, 0.05) is 25.9 Å². The van der Waals surface area contributed by atoms with Crippen LogP contribution in [0.1, 0.15) is 42.3 Å². The predicted molar refractivity (Wildman–Crippen MR) is 99.2 cm³/mol. The molecule has 1 aromatic carbocycles. The molecule has 10 heteroatoms. The normalized spacial score (nSPS) is 26.4. The zero-order chi connectivity index (χ0) is 20.2. The first-order valence-electron chi connectivity index (χ1n) is 9.59. The molecule has 5 rings (SSSR count). The standard InChI is InChI=1S/C19H19F3N4O2S/c20-19(21,22)15-23-24-17(29-15)25-10-8-18(9-11-25)16(27)26-13(6-7-14(26)28-18)12-4-2-1-3-5-12/h1-5,13-14H,6-11H2/t13-,14+/m0/s1. The zero-order valence-corrected chi connectivity index (χ0v) is 16.2. The first-order valence-corrected chi connectivity index (χ1v) is 10.4. The molecule has 1 spiro atoms. The molecule has 3 fully saturated rings. The number of hydrogen-bond acceptors (Lipinski definition) is 6. The highest BCUT2D eigenvalue weighted by molar-refractivity contribution is 7.15. The van der Waals surface area contributed by atoms with Crippen LogP contribution in [-0.2, 0) is 15.7 Å². The van der Waals surface area contributed by atoms with Gasteiger partial charge >= 0.3 is 6.18 Å². The van der Waals surface area contributed by atoms with Crippen LogP contribution in [0.25, 0.3) is 0 Å². The number of ether oxygens (including phenoxy) is 1. The third kappa shape index (κ3) is 3.09. The number of alkyl halides is 3.